The van der Waals surface area contributed by atoms with Crippen molar-refractivity contribution >= 4 is 34.5 Å². The van der Waals surface area contributed by atoms with E-state index >= 15 is 0 Å². The molecule has 1 aromatic carbocycles. The molecule has 3 atom stereocenters. The van der Waals surface area contributed by atoms with Gasteiger partial charge in [-0.2, -0.15) is 0 Å². The van der Waals surface area contributed by atoms with Gasteiger partial charge in [0.05, 0.1) is 12.2 Å². The predicted octanol–water partition coefficient (Wildman–Crippen LogP) is 4.27. The van der Waals surface area contributed by atoms with E-state index in [-0.39, 0.29) is 12.2 Å². The highest BCUT2D eigenvalue weighted by Gasteiger charge is 2.33. The Balaban J connectivity index is 2.11. The molecule has 0 spiro atoms. The Morgan fingerprint density at radius 3 is 2.29 bits per heavy atom. The average Bonchev–Trinajstić information content (AvgIpc) is 2.19. The summed E-state index contributed by atoms with van der Waals surface area (Å²) in [6.45, 7) is 1.34. The van der Waals surface area contributed by atoms with E-state index in [1.54, 1.807) is 0 Å². The molecule has 1 unspecified atom stereocenters. The summed E-state index contributed by atoms with van der Waals surface area (Å²) >= 11 is 8.72. The largest absolute Gasteiger partial charge is 0.424 e. The lowest BCUT2D eigenvalue weighted by atomic mass is 10.2. The highest BCUT2D eigenvalue weighted by atomic mass is 79.9. The summed E-state index contributed by atoms with van der Waals surface area (Å²) < 4.78 is 18.0. The zero-order valence-corrected chi connectivity index (χ0v) is 12.9. The van der Waals surface area contributed by atoms with Crippen LogP contribution in [-0.4, -0.2) is 12.2 Å². The minimum absolute atomic E-state index is 0.0834. The van der Waals surface area contributed by atoms with Crippen LogP contribution < -0.4 is 4.52 Å². The van der Waals surface area contributed by atoms with Crippen LogP contribution in [0.4, 0.5) is 0 Å². The summed E-state index contributed by atoms with van der Waals surface area (Å²) in [5.74, 6) is 0.679. The maximum absolute atomic E-state index is 5.70. The van der Waals surface area contributed by atoms with Crippen LogP contribution in [-0.2, 0) is 20.9 Å². The zero-order chi connectivity index (χ0) is 12.5. The van der Waals surface area contributed by atoms with E-state index < -0.39 is 6.72 Å². The van der Waals surface area contributed by atoms with Crippen molar-refractivity contribution in [3.8, 4) is 5.75 Å². The van der Waals surface area contributed by atoms with E-state index in [1.807, 2.05) is 38.1 Å². The summed E-state index contributed by atoms with van der Waals surface area (Å²) in [6.07, 6.45) is 1.02. The summed E-state index contributed by atoms with van der Waals surface area (Å²) in [5, 5.41) is 0. The Bertz CT molecular complexity index is 423. The quantitative estimate of drug-likeness (QED) is 0.754. The molecule has 0 N–H and O–H groups in total. The van der Waals surface area contributed by atoms with Crippen molar-refractivity contribution in [2.24, 2.45) is 0 Å². The number of halogens is 1. The van der Waals surface area contributed by atoms with Crippen LogP contribution in [0, 0.1) is 0 Å². The fourth-order valence-corrected chi connectivity index (χ4v) is 4.66. The first kappa shape index (κ1) is 13.5. The SMILES string of the molecule is C[C@@H]1C[C@H](C)OP(=S)(Oc2ccc(Br)cc2)O1. The Hall–Kier alpha value is 0.0700. The third-order valence-corrected chi connectivity index (χ3v) is 5.25. The van der Waals surface area contributed by atoms with Gasteiger partial charge < -0.3 is 4.52 Å². The minimum Gasteiger partial charge on any atom is -0.424 e. The smallest absolute Gasteiger partial charge is 0.381 e. The second kappa shape index (κ2) is 5.37. The number of hydrogen-bond donors (Lipinski definition) is 0. The van der Waals surface area contributed by atoms with Gasteiger partial charge in [0.2, 0.25) is 0 Å². The molecule has 1 fully saturated rings. The van der Waals surface area contributed by atoms with Crippen molar-refractivity contribution in [3.05, 3.63) is 28.7 Å². The standard InChI is InChI=1S/C11H14BrO3PS/c1-8-7-9(2)14-16(17,13-8)15-11-5-3-10(12)4-6-11/h3-6,8-9H,7H2,1-2H3/t8-,9+,16?. The summed E-state index contributed by atoms with van der Waals surface area (Å²) in [5.41, 5.74) is 0. The molecule has 94 valence electrons. The molecule has 2 rings (SSSR count). The molecular formula is C11H14BrO3PS. The fraction of sp³-hybridized carbons (Fsp3) is 0.455. The normalized spacial score (nSPS) is 33.4. The Morgan fingerprint density at radius 2 is 1.76 bits per heavy atom. The van der Waals surface area contributed by atoms with Crippen LogP contribution in [0.25, 0.3) is 0 Å². The number of benzene rings is 1. The summed E-state index contributed by atoms with van der Waals surface area (Å²) in [7, 11) is 0. The van der Waals surface area contributed by atoms with E-state index in [2.05, 4.69) is 15.9 Å². The van der Waals surface area contributed by atoms with Gasteiger partial charge in [-0.1, -0.05) is 15.9 Å². The van der Waals surface area contributed by atoms with Crippen LogP contribution in [0.3, 0.4) is 0 Å². The lowest BCUT2D eigenvalue weighted by Crippen LogP contribution is -2.25. The first-order chi connectivity index (χ1) is 7.97. The topological polar surface area (TPSA) is 27.7 Å². The van der Waals surface area contributed by atoms with Gasteiger partial charge in [0.25, 0.3) is 0 Å². The molecule has 0 saturated carbocycles. The number of rotatable bonds is 2. The average molecular weight is 337 g/mol. The van der Waals surface area contributed by atoms with Crippen molar-refractivity contribution in [2.75, 3.05) is 0 Å². The molecule has 1 heterocycles. The third kappa shape index (κ3) is 3.76. The van der Waals surface area contributed by atoms with Crippen molar-refractivity contribution in [1.82, 2.24) is 0 Å². The Morgan fingerprint density at radius 1 is 1.24 bits per heavy atom. The molecule has 0 aromatic heterocycles. The second-order valence-corrected chi connectivity index (χ2v) is 7.82. The molecule has 0 aliphatic carbocycles. The molecule has 1 aromatic rings. The van der Waals surface area contributed by atoms with Gasteiger partial charge in [-0.15, -0.1) is 0 Å². The van der Waals surface area contributed by atoms with Crippen LogP contribution in [0.5, 0.6) is 5.75 Å². The first-order valence-electron chi connectivity index (χ1n) is 5.39. The first-order valence-corrected chi connectivity index (χ1v) is 8.74. The van der Waals surface area contributed by atoms with Gasteiger partial charge in [-0.25, -0.2) is 0 Å². The molecule has 1 aliphatic rings. The van der Waals surface area contributed by atoms with Gasteiger partial charge in [0.15, 0.2) is 0 Å². The Kier molecular flexibility index (Phi) is 4.26. The van der Waals surface area contributed by atoms with Crippen molar-refractivity contribution in [1.29, 1.82) is 0 Å². The predicted molar refractivity (Wildman–Crippen MR) is 74.8 cm³/mol. The molecular weight excluding hydrogens is 323 g/mol. The van der Waals surface area contributed by atoms with E-state index in [0.717, 1.165) is 10.9 Å². The van der Waals surface area contributed by atoms with Crippen LogP contribution >= 0.6 is 22.6 Å². The van der Waals surface area contributed by atoms with Gasteiger partial charge in [0.1, 0.15) is 5.75 Å². The second-order valence-electron chi connectivity index (χ2n) is 4.06. The van der Waals surface area contributed by atoms with Gasteiger partial charge in [-0.3, -0.25) is 9.05 Å². The van der Waals surface area contributed by atoms with Gasteiger partial charge in [0, 0.05) is 22.7 Å². The molecule has 0 bridgehead atoms. The molecule has 17 heavy (non-hydrogen) atoms. The molecule has 1 aliphatic heterocycles. The molecule has 6 heteroatoms. The molecule has 0 radical (unpaired) electrons. The van der Waals surface area contributed by atoms with Gasteiger partial charge >= 0.3 is 6.72 Å². The molecule has 3 nitrogen and oxygen atoms in total. The monoisotopic (exact) mass is 336 g/mol. The van der Waals surface area contributed by atoms with Crippen molar-refractivity contribution < 1.29 is 13.6 Å². The minimum atomic E-state index is -2.64. The van der Waals surface area contributed by atoms with Crippen LogP contribution in [0.2, 0.25) is 0 Å². The maximum Gasteiger partial charge on any atom is 0.381 e. The van der Waals surface area contributed by atoms with E-state index in [4.69, 9.17) is 25.4 Å². The third-order valence-electron chi connectivity index (χ3n) is 2.31. The van der Waals surface area contributed by atoms with E-state index in [0.29, 0.717) is 5.75 Å². The van der Waals surface area contributed by atoms with Crippen molar-refractivity contribution in [2.45, 2.75) is 32.5 Å². The summed E-state index contributed by atoms with van der Waals surface area (Å²) in [4.78, 5) is 0. The highest BCUT2D eigenvalue weighted by Crippen LogP contribution is 2.55. The van der Waals surface area contributed by atoms with Crippen molar-refractivity contribution in [3.63, 3.8) is 0 Å². The van der Waals surface area contributed by atoms with E-state index in [9.17, 15) is 0 Å². The lowest BCUT2D eigenvalue weighted by molar-refractivity contribution is 0.0475. The maximum atomic E-state index is 5.70. The van der Waals surface area contributed by atoms with E-state index in [1.165, 1.54) is 0 Å². The number of hydrogen-bond acceptors (Lipinski definition) is 4. The van der Waals surface area contributed by atoms with Crippen LogP contribution in [0.15, 0.2) is 28.7 Å². The zero-order valence-electron chi connectivity index (χ0n) is 9.63. The molecule has 0 amide bonds. The van der Waals surface area contributed by atoms with Crippen LogP contribution in [0.1, 0.15) is 20.3 Å². The highest BCUT2D eigenvalue weighted by molar-refractivity contribution is 9.10. The van der Waals surface area contributed by atoms with Gasteiger partial charge in [-0.05, 0) is 38.1 Å². The Labute approximate surface area is 115 Å². The fourth-order valence-electron chi connectivity index (χ4n) is 1.69. The molecule has 1 saturated heterocycles. The summed E-state index contributed by atoms with van der Waals surface area (Å²) in [6, 6.07) is 7.48. The lowest BCUT2D eigenvalue weighted by Gasteiger charge is -2.33.